The molecule has 16 heavy (non-hydrogen) atoms. The summed E-state index contributed by atoms with van der Waals surface area (Å²) < 4.78 is 0. The molecule has 0 aliphatic heterocycles. The Morgan fingerprint density at radius 2 is 1.44 bits per heavy atom. The quantitative estimate of drug-likeness (QED) is 0.741. The van der Waals surface area contributed by atoms with Gasteiger partial charge in [0, 0.05) is 27.4 Å². The Labute approximate surface area is 104 Å². The van der Waals surface area contributed by atoms with E-state index < -0.39 is 0 Å². The molecule has 0 aliphatic rings. The molecule has 0 saturated carbocycles. The van der Waals surface area contributed by atoms with Crippen LogP contribution in [0.5, 0.6) is 0 Å². The minimum atomic E-state index is 0. The van der Waals surface area contributed by atoms with Crippen LogP contribution in [0.4, 0.5) is 5.95 Å². The van der Waals surface area contributed by atoms with Crippen molar-refractivity contribution in [2.45, 2.75) is 48.5 Å². The van der Waals surface area contributed by atoms with E-state index in [4.69, 9.17) is 0 Å². The molecule has 1 heterocycles. The van der Waals surface area contributed by atoms with Gasteiger partial charge in [0.2, 0.25) is 5.95 Å². The van der Waals surface area contributed by atoms with Crippen molar-refractivity contribution in [1.82, 2.24) is 9.97 Å². The number of hydrogen-bond acceptors (Lipinski definition) is 3. The van der Waals surface area contributed by atoms with E-state index in [-0.39, 0.29) is 8.41 Å². The van der Waals surface area contributed by atoms with E-state index in [0.717, 1.165) is 5.69 Å². The van der Waals surface area contributed by atoms with Crippen molar-refractivity contribution in [3.63, 3.8) is 0 Å². The van der Waals surface area contributed by atoms with Gasteiger partial charge in [0.1, 0.15) is 0 Å². The van der Waals surface area contributed by atoms with Crippen LogP contribution in [0.3, 0.4) is 0 Å². The third kappa shape index (κ3) is 15.4. The summed E-state index contributed by atoms with van der Waals surface area (Å²) in [5, 5.41) is 2.85. The van der Waals surface area contributed by atoms with Gasteiger partial charge in [-0.25, -0.2) is 9.97 Å². The fourth-order valence-electron chi connectivity index (χ4n) is 0.569. The fourth-order valence-corrected chi connectivity index (χ4v) is 0.569. The van der Waals surface area contributed by atoms with Crippen LogP contribution < -0.4 is 5.32 Å². The van der Waals surface area contributed by atoms with Gasteiger partial charge in [-0.3, -0.25) is 0 Å². The summed E-state index contributed by atoms with van der Waals surface area (Å²) in [6.45, 7) is 13.9. The standard InChI is InChI=1S/C6H9N3.3C2H6.B/c1-5-3-4-8-6(7-2)9-5;3*1-2;/h3-4H,1-2H3,(H,7,8,9);3*1-2H3;. The lowest BCUT2D eigenvalue weighted by molar-refractivity contribution is 1.09. The molecule has 0 amide bonds. The average Bonchev–Trinajstić information content (AvgIpc) is 2.36. The largest absolute Gasteiger partial charge is 0.357 e. The van der Waals surface area contributed by atoms with E-state index in [0.29, 0.717) is 5.95 Å². The summed E-state index contributed by atoms with van der Waals surface area (Å²) in [7, 11) is 1.80. The Bertz CT molecular complexity index is 205. The van der Waals surface area contributed by atoms with Gasteiger partial charge in [0.25, 0.3) is 0 Å². The van der Waals surface area contributed by atoms with Crippen LogP contribution >= 0.6 is 0 Å². The average molecular weight is 224 g/mol. The smallest absolute Gasteiger partial charge is 0.222 e. The highest BCUT2D eigenvalue weighted by Crippen LogP contribution is 1.95. The molecule has 93 valence electrons. The highest BCUT2D eigenvalue weighted by Gasteiger charge is 1.88. The minimum Gasteiger partial charge on any atom is -0.357 e. The van der Waals surface area contributed by atoms with Crippen LogP contribution in [0, 0.1) is 6.92 Å². The number of aryl methyl sites for hydroxylation is 1. The molecule has 0 atom stereocenters. The molecule has 0 fully saturated rings. The number of nitrogens with one attached hydrogen (secondary N) is 1. The van der Waals surface area contributed by atoms with Crippen molar-refractivity contribution >= 4 is 14.4 Å². The second-order valence-electron chi connectivity index (χ2n) is 1.77. The first-order valence-electron chi connectivity index (χ1n) is 5.80. The first-order valence-corrected chi connectivity index (χ1v) is 5.80. The molecule has 0 aromatic carbocycles. The molecule has 0 aliphatic carbocycles. The lowest BCUT2D eigenvalue weighted by atomic mass is 10.5. The van der Waals surface area contributed by atoms with Gasteiger partial charge < -0.3 is 5.32 Å². The van der Waals surface area contributed by atoms with Crippen LogP contribution in [-0.4, -0.2) is 25.4 Å². The van der Waals surface area contributed by atoms with Crippen molar-refractivity contribution in [2.24, 2.45) is 0 Å². The predicted octanol–water partition coefficient (Wildman–Crippen LogP) is 3.52. The molecule has 0 saturated heterocycles. The highest BCUT2D eigenvalue weighted by atomic mass is 15.1. The van der Waals surface area contributed by atoms with E-state index in [2.05, 4.69) is 15.3 Å². The third-order valence-electron chi connectivity index (χ3n) is 1.02. The summed E-state index contributed by atoms with van der Waals surface area (Å²) in [5.41, 5.74) is 0.981. The minimum absolute atomic E-state index is 0. The van der Waals surface area contributed by atoms with Gasteiger partial charge in [-0.15, -0.1) is 0 Å². The lowest BCUT2D eigenvalue weighted by Crippen LogP contribution is -1.95. The van der Waals surface area contributed by atoms with Gasteiger partial charge in [0.05, 0.1) is 0 Å². The summed E-state index contributed by atoms with van der Waals surface area (Å²) in [4.78, 5) is 8.01. The van der Waals surface area contributed by atoms with Crippen LogP contribution in [-0.2, 0) is 0 Å². The van der Waals surface area contributed by atoms with E-state index in [1.807, 2.05) is 54.5 Å². The molecule has 3 nitrogen and oxygen atoms in total. The predicted molar refractivity (Wildman–Crippen MR) is 76.1 cm³/mol. The molecule has 4 heteroatoms. The van der Waals surface area contributed by atoms with Crippen LogP contribution in [0.25, 0.3) is 0 Å². The maximum absolute atomic E-state index is 4.07. The SMILES string of the molecule is CC.CC.CC.CNc1nccc(C)n1.[B]. The third-order valence-corrected chi connectivity index (χ3v) is 1.02. The molecular formula is C12H27BN3. The van der Waals surface area contributed by atoms with Gasteiger partial charge >= 0.3 is 0 Å². The second kappa shape index (κ2) is 23.6. The monoisotopic (exact) mass is 224 g/mol. The Hall–Kier alpha value is -1.06. The van der Waals surface area contributed by atoms with Gasteiger partial charge in [-0.1, -0.05) is 41.5 Å². The molecule has 0 unspecified atom stereocenters. The van der Waals surface area contributed by atoms with Crippen molar-refractivity contribution in [3.05, 3.63) is 18.0 Å². The zero-order valence-corrected chi connectivity index (χ0v) is 12.1. The number of hydrogen-bond donors (Lipinski definition) is 1. The number of aromatic nitrogens is 2. The normalized spacial score (nSPS) is 6.25. The molecule has 1 N–H and O–H groups in total. The summed E-state index contributed by atoms with van der Waals surface area (Å²) >= 11 is 0. The van der Waals surface area contributed by atoms with Crippen molar-refractivity contribution < 1.29 is 0 Å². The zero-order valence-electron chi connectivity index (χ0n) is 12.1. The molecular weight excluding hydrogens is 197 g/mol. The van der Waals surface area contributed by atoms with E-state index >= 15 is 0 Å². The topological polar surface area (TPSA) is 37.8 Å². The van der Waals surface area contributed by atoms with Gasteiger partial charge in [-0.05, 0) is 13.0 Å². The molecule has 1 aromatic heterocycles. The van der Waals surface area contributed by atoms with Crippen LogP contribution in [0.2, 0.25) is 0 Å². The van der Waals surface area contributed by atoms with Crippen LogP contribution in [0.1, 0.15) is 47.2 Å². The second-order valence-corrected chi connectivity index (χ2v) is 1.77. The van der Waals surface area contributed by atoms with Gasteiger partial charge in [-0.2, -0.15) is 0 Å². The van der Waals surface area contributed by atoms with Crippen molar-refractivity contribution in [2.75, 3.05) is 12.4 Å². The summed E-state index contributed by atoms with van der Waals surface area (Å²) in [6.07, 6.45) is 1.73. The Morgan fingerprint density at radius 1 is 1.00 bits per heavy atom. The Morgan fingerprint density at radius 3 is 1.69 bits per heavy atom. The summed E-state index contributed by atoms with van der Waals surface area (Å²) in [6, 6.07) is 1.86. The van der Waals surface area contributed by atoms with Gasteiger partial charge in [0.15, 0.2) is 0 Å². The first kappa shape index (κ1) is 24.3. The number of anilines is 1. The zero-order chi connectivity index (χ0) is 12.7. The maximum atomic E-state index is 4.07. The number of nitrogens with zero attached hydrogens (tertiary/aromatic N) is 2. The van der Waals surface area contributed by atoms with Crippen LogP contribution in [0.15, 0.2) is 12.3 Å². The van der Waals surface area contributed by atoms with E-state index in [1.165, 1.54) is 0 Å². The molecule has 1 rings (SSSR count). The number of rotatable bonds is 1. The highest BCUT2D eigenvalue weighted by molar-refractivity contribution is 5.75. The molecule has 0 bridgehead atoms. The fraction of sp³-hybridized carbons (Fsp3) is 0.667. The molecule has 3 radical (unpaired) electrons. The Balaban J connectivity index is -0.0000000900. The first-order chi connectivity index (χ1) is 7.33. The van der Waals surface area contributed by atoms with Crippen molar-refractivity contribution in [3.8, 4) is 0 Å². The Kier molecular flexibility index (Phi) is 35.8. The molecule has 0 spiro atoms. The van der Waals surface area contributed by atoms with E-state index in [9.17, 15) is 0 Å². The van der Waals surface area contributed by atoms with Crippen molar-refractivity contribution in [1.29, 1.82) is 0 Å². The van der Waals surface area contributed by atoms with E-state index in [1.54, 1.807) is 13.2 Å². The lowest BCUT2D eigenvalue weighted by Gasteiger charge is -1.95. The summed E-state index contributed by atoms with van der Waals surface area (Å²) in [5.74, 6) is 0.676. The maximum Gasteiger partial charge on any atom is 0.222 e. The molecule has 1 aromatic rings.